The molecule has 0 aliphatic carbocycles. The van der Waals surface area contributed by atoms with Crippen LogP contribution < -0.4 is 25.8 Å². The third kappa shape index (κ3) is 8.36. The van der Waals surface area contributed by atoms with Gasteiger partial charge in [0.25, 0.3) is 0 Å². The fourth-order valence-electron chi connectivity index (χ4n) is 9.12. The Bertz CT molecular complexity index is 2340. The first-order chi connectivity index (χ1) is 28.5. The van der Waals surface area contributed by atoms with Gasteiger partial charge in [0.15, 0.2) is 5.82 Å². The summed E-state index contributed by atoms with van der Waals surface area (Å²) in [5, 5.41) is 16.7. The van der Waals surface area contributed by atoms with Crippen LogP contribution in [0, 0.1) is 5.92 Å². The average molecular weight is 813 g/mol. The van der Waals surface area contributed by atoms with Crippen LogP contribution in [0.3, 0.4) is 0 Å². The standard InChI is InChI=1S/C47H58ClN11/c1-30(49-6)12-14-36-26-37-27-38(15-17-43(37)55(7)33(36)4)52-46-42(48)28-50-47(53-46)59-24-22-57(23-25-59)29-35-18-20-58(21-19-35)34(5)40-10-9-11-41-44(54-56(8)45(40)41)39-16-13-31(2)51-32(39)3/h9-11,15,17,26-28,35,39,49,51H,1-5,12-14,16,18-25,29H2,6-8H3,(H,50,52,53). The zero-order valence-corrected chi connectivity index (χ0v) is 35.7. The predicted molar refractivity (Wildman–Crippen MR) is 246 cm³/mol. The van der Waals surface area contributed by atoms with E-state index >= 15 is 0 Å². The number of para-hydroxylation sites is 1. The van der Waals surface area contributed by atoms with E-state index in [1.165, 1.54) is 11.0 Å². The van der Waals surface area contributed by atoms with Crippen molar-refractivity contribution in [2.75, 3.05) is 75.0 Å². The number of nitrogens with one attached hydrogen (secondary N) is 3. The van der Waals surface area contributed by atoms with Crippen LogP contribution >= 0.6 is 11.6 Å². The molecular weight excluding hydrogens is 754 g/mol. The first-order valence-electron chi connectivity index (χ1n) is 20.9. The smallest absolute Gasteiger partial charge is 0.227 e. The lowest BCUT2D eigenvalue weighted by atomic mass is 9.89. The fraction of sp³-hybridized carbons (Fsp3) is 0.383. The molecule has 0 spiro atoms. The Morgan fingerprint density at radius 2 is 1.76 bits per heavy atom. The van der Waals surface area contributed by atoms with E-state index in [0.29, 0.717) is 22.7 Å². The molecule has 4 aliphatic heterocycles. The van der Waals surface area contributed by atoms with Crippen molar-refractivity contribution < 1.29 is 0 Å². The van der Waals surface area contributed by atoms with E-state index in [1.807, 2.05) is 18.8 Å². The summed E-state index contributed by atoms with van der Waals surface area (Å²) in [4.78, 5) is 19.1. The van der Waals surface area contributed by atoms with Gasteiger partial charge in [0.2, 0.25) is 5.95 Å². The lowest BCUT2D eigenvalue weighted by molar-refractivity contribution is 0.169. The molecule has 3 saturated heterocycles. The number of piperazine rings is 1. The number of halogens is 1. The molecule has 2 aromatic carbocycles. The molecule has 0 radical (unpaired) electrons. The number of rotatable bonds is 12. The molecule has 2 aromatic heterocycles. The molecule has 1 unspecified atom stereocenters. The van der Waals surface area contributed by atoms with E-state index in [1.54, 1.807) is 6.20 Å². The van der Waals surface area contributed by atoms with Crippen molar-refractivity contribution in [3.8, 4) is 0 Å². The molecule has 308 valence electrons. The minimum absolute atomic E-state index is 0.168. The Morgan fingerprint density at radius 1 is 0.983 bits per heavy atom. The number of hydrogen-bond acceptors (Lipinski definition) is 10. The van der Waals surface area contributed by atoms with E-state index in [0.717, 1.165) is 147 Å². The van der Waals surface area contributed by atoms with Crippen LogP contribution in [0.2, 0.25) is 5.02 Å². The summed E-state index contributed by atoms with van der Waals surface area (Å²) in [5.41, 5.74) is 12.8. The third-order valence-electron chi connectivity index (χ3n) is 12.7. The summed E-state index contributed by atoms with van der Waals surface area (Å²) in [5.74, 6) is 2.13. The minimum Gasteiger partial charge on any atom is -0.392 e. The highest BCUT2D eigenvalue weighted by molar-refractivity contribution is 6.32. The molecule has 0 bridgehead atoms. The lowest BCUT2D eigenvalue weighted by Crippen LogP contribution is -2.49. The van der Waals surface area contributed by atoms with E-state index in [4.69, 9.17) is 21.7 Å². The van der Waals surface area contributed by atoms with Crippen LogP contribution in [0.4, 0.5) is 23.1 Å². The number of piperidine rings is 2. The second-order valence-corrected chi connectivity index (χ2v) is 16.9. The summed E-state index contributed by atoms with van der Waals surface area (Å²) >= 11 is 6.67. The second-order valence-electron chi connectivity index (χ2n) is 16.5. The van der Waals surface area contributed by atoms with Crippen LogP contribution in [0.5, 0.6) is 0 Å². The first-order valence-corrected chi connectivity index (χ1v) is 21.3. The predicted octanol–water partition coefficient (Wildman–Crippen LogP) is 8.62. The molecule has 0 saturated carbocycles. The van der Waals surface area contributed by atoms with Crippen molar-refractivity contribution in [2.24, 2.45) is 13.0 Å². The van der Waals surface area contributed by atoms with Crippen molar-refractivity contribution in [1.29, 1.82) is 0 Å². The van der Waals surface area contributed by atoms with Crippen LogP contribution in [0.1, 0.15) is 61.3 Å². The van der Waals surface area contributed by atoms with Gasteiger partial charge in [-0.1, -0.05) is 62.7 Å². The van der Waals surface area contributed by atoms with Gasteiger partial charge in [-0.25, -0.2) is 4.98 Å². The van der Waals surface area contributed by atoms with Gasteiger partial charge in [-0.2, -0.15) is 10.1 Å². The van der Waals surface area contributed by atoms with Crippen molar-refractivity contribution in [1.82, 2.24) is 40.2 Å². The topological polar surface area (TPSA) is 92.7 Å². The zero-order chi connectivity index (χ0) is 41.4. The van der Waals surface area contributed by atoms with Gasteiger partial charge >= 0.3 is 0 Å². The monoisotopic (exact) mass is 811 g/mol. The normalized spacial score (nSPS) is 19.1. The Labute approximate surface area is 354 Å². The number of benzene rings is 2. The number of anilines is 4. The quantitative estimate of drug-likeness (QED) is 0.129. The number of likely N-dealkylation sites (N-methyl/N-ethyl adjacent to an activating group) is 1. The summed E-state index contributed by atoms with van der Waals surface area (Å²) in [6.07, 6.45) is 9.85. The summed E-state index contributed by atoms with van der Waals surface area (Å²) in [7, 11) is 6.02. The number of allylic oxidation sites excluding steroid dienone is 4. The molecule has 11 nitrogen and oxygen atoms in total. The highest BCUT2D eigenvalue weighted by atomic mass is 35.5. The fourth-order valence-corrected chi connectivity index (χ4v) is 9.26. The highest BCUT2D eigenvalue weighted by Gasteiger charge is 2.29. The second kappa shape index (κ2) is 17.0. The highest BCUT2D eigenvalue weighted by Crippen LogP contribution is 2.40. The van der Waals surface area contributed by atoms with Gasteiger partial charge in [-0.05, 0) is 74.3 Å². The molecular formula is C47H58ClN11. The number of nitrogens with zero attached hydrogens (tertiary/aromatic N) is 8. The van der Waals surface area contributed by atoms with Crippen LogP contribution in [0.15, 0.2) is 104 Å². The Balaban J connectivity index is 0.848. The van der Waals surface area contributed by atoms with Gasteiger partial charge in [0.05, 0.1) is 17.4 Å². The molecule has 6 heterocycles. The molecule has 1 atom stereocenters. The molecule has 8 rings (SSSR count). The summed E-state index contributed by atoms with van der Waals surface area (Å²) in [6, 6.07) is 12.9. The number of fused-ring (bicyclic) bond motifs is 2. The van der Waals surface area contributed by atoms with Gasteiger partial charge in [-0.15, -0.1) is 0 Å². The van der Waals surface area contributed by atoms with Crippen LogP contribution in [-0.2, 0) is 7.05 Å². The van der Waals surface area contributed by atoms with Gasteiger partial charge in [0.1, 0.15) is 5.02 Å². The Morgan fingerprint density at radius 3 is 2.51 bits per heavy atom. The van der Waals surface area contributed by atoms with Crippen molar-refractivity contribution in [2.45, 2.75) is 44.4 Å². The van der Waals surface area contributed by atoms with E-state index in [-0.39, 0.29) is 5.92 Å². The number of aromatic nitrogens is 4. The van der Waals surface area contributed by atoms with Gasteiger partial charge < -0.3 is 30.7 Å². The maximum atomic E-state index is 6.67. The molecule has 3 fully saturated rings. The molecule has 3 N–H and O–H groups in total. The summed E-state index contributed by atoms with van der Waals surface area (Å²) < 4.78 is 2.03. The number of likely N-dealkylation sites (tertiary alicyclic amines) is 1. The van der Waals surface area contributed by atoms with Gasteiger partial charge in [-0.3, -0.25) is 9.58 Å². The van der Waals surface area contributed by atoms with Crippen molar-refractivity contribution >= 4 is 57.4 Å². The van der Waals surface area contributed by atoms with Gasteiger partial charge in [0, 0.05) is 129 Å². The van der Waals surface area contributed by atoms with Crippen molar-refractivity contribution in [3.05, 3.63) is 126 Å². The van der Waals surface area contributed by atoms with Crippen LogP contribution in [-0.4, -0.2) is 89.5 Å². The Kier molecular flexibility index (Phi) is 11.6. The Hall–Kier alpha value is -5.52. The maximum Gasteiger partial charge on any atom is 0.227 e. The maximum absolute atomic E-state index is 6.67. The third-order valence-corrected chi connectivity index (χ3v) is 13.0. The number of aryl methyl sites for hydroxylation is 1. The molecule has 4 aromatic rings. The molecule has 0 amide bonds. The van der Waals surface area contributed by atoms with Crippen molar-refractivity contribution in [3.63, 3.8) is 0 Å². The van der Waals surface area contributed by atoms with E-state index in [2.05, 4.69) is 123 Å². The van der Waals surface area contributed by atoms with Crippen LogP contribution in [0.25, 0.3) is 22.7 Å². The SMILES string of the molecule is C=C(CCC1=Cc2cc(Nc3nc(N4CCN(CC5CCN(C(=C)c6cccc7c(C8CCC(=C)NC8=C)nn(C)c67)CC5)CC4)ncc3Cl)ccc2N(C)C1=C)NC. The molecule has 59 heavy (non-hydrogen) atoms. The molecule has 4 aliphatic rings. The average Bonchev–Trinajstić information content (AvgIpc) is 3.58. The van der Waals surface area contributed by atoms with E-state index in [9.17, 15) is 0 Å². The zero-order valence-electron chi connectivity index (χ0n) is 35.0. The summed E-state index contributed by atoms with van der Waals surface area (Å²) in [6.45, 7) is 28.3. The molecule has 12 heteroatoms. The number of hydrogen-bond donors (Lipinski definition) is 3. The van der Waals surface area contributed by atoms with E-state index < -0.39 is 0 Å². The lowest BCUT2D eigenvalue weighted by Gasteiger charge is -2.40. The minimum atomic E-state index is 0.168. The first kappa shape index (κ1) is 40.3. The largest absolute Gasteiger partial charge is 0.392 e.